The van der Waals surface area contributed by atoms with Gasteiger partial charge in [0, 0.05) is 6.54 Å². The Kier molecular flexibility index (Phi) is 4.94. The zero-order valence-electron chi connectivity index (χ0n) is 13.4. The highest BCUT2D eigenvalue weighted by atomic mass is 16.5. The van der Waals surface area contributed by atoms with Crippen molar-refractivity contribution in [2.45, 2.75) is 84.3 Å². The minimum Gasteiger partial charge on any atom is -0.370 e. The van der Waals surface area contributed by atoms with E-state index in [9.17, 15) is 0 Å². The number of rotatable bonds is 4. The molecule has 0 bridgehead atoms. The van der Waals surface area contributed by atoms with E-state index in [1.54, 1.807) is 0 Å². The zero-order valence-corrected chi connectivity index (χ0v) is 13.4. The second-order valence-corrected chi connectivity index (χ2v) is 7.95. The zero-order chi connectivity index (χ0) is 13.9. The molecule has 19 heavy (non-hydrogen) atoms. The lowest BCUT2D eigenvalue weighted by atomic mass is 9.82. The second kappa shape index (κ2) is 6.13. The fourth-order valence-corrected chi connectivity index (χ4v) is 3.37. The van der Waals surface area contributed by atoms with Crippen LogP contribution in [0, 0.1) is 11.3 Å². The van der Waals surface area contributed by atoms with Crippen molar-refractivity contribution in [3.63, 3.8) is 0 Å². The van der Waals surface area contributed by atoms with Crippen LogP contribution in [0.1, 0.15) is 72.6 Å². The van der Waals surface area contributed by atoms with Gasteiger partial charge in [-0.05, 0) is 43.6 Å². The second-order valence-electron chi connectivity index (χ2n) is 7.95. The third-order valence-electron chi connectivity index (χ3n) is 5.40. The Balaban J connectivity index is 1.68. The van der Waals surface area contributed by atoms with Crippen molar-refractivity contribution >= 4 is 0 Å². The highest BCUT2D eigenvalue weighted by Crippen LogP contribution is 2.41. The van der Waals surface area contributed by atoms with E-state index in [2.05, 4.69) is 33.0 Å². The maximum Gasteiger partial charge on any atom is 0.0708 e. The van der Waals surface area contributed by atoms with Crippen LogP contribution in [0.5, 0.6) is 0 Å². The quantitative estimate of drug-likeness (QED) is 0.826. The first-order chi connectivity index (χ1) is 8.91. The van der Waals surface area contributed by atoms with Gasteiger partial charge in [0.1, 0.15) is 0 Å². The average molecular weight is 267 g/mol. The standard InChI is InChI=1S/C17H33NO/c1-14(16(2,3)4)12-18-13-15-8-11-17(19-15)9-6-5-7-10-17/h14-15,18H,5-13H2,1-4H3. The van der Waals surface area contributed by atoms with Crippen molar-refractivity contribution in [1.29, 1.82) is 0 Å². The molecule has 1 heterocycles. The number of nitrogens with one attached hydrogen (secondary N) is 1. The summed E-state index contributed by atoms with van der Waals surface area (Å²) in [4.78, 5) is 0. The fraction of sp³-hybridized carbons (Fsp3) is 1.00. The van der Waals surface area contributed by atoms with Gasteiger partial charge >= 0.3 is 0 Å². The van der Waals surface area contributed by atoms with Crippen LogP contribution in [-0.2, 0) is 4.74 Å². The lowest BCUT2D eigenvalue weighted by molar-refractivity contribution is -0.0626. The third kappa shape index (κ3) is 4.19. The molecule has 1 spiro atoms. The lowest BCUT2D eigenvalue weighted by Crippen LogP contribution is -2.37. The first-order valence-corrected chi connectivity index (χ1v) is 8.30. The van der Waals surface area contributed by atoms with Gasteiger partial charge in [0.05, 0.1) is 11.7 Å². The molecule has 1 aliphatic carbocycles. The molecule has 0 aromatic heterocycles. The Hall–Kier alpha value is -0.0800. The van der Waals surface area contributed by atoms with Gasteiger partial charge in [-0.3, -0.25) is 0 Å². The third-order valence-corrected chi connectivity index (χ3v) is 5.40. The largest absolute Gasteiger partial charge is 0.370 e. The van der Waals surface area contributed by atoms with E-state index in [0.717, 1.165) is 13.1 Å². The van der Waals surface area contributed by atoms with Crippen molar-refractivity contribution in [1.82, 2.24) is 5.32 Å². The van der Waals surface area contributed by atoms with Crippen LogP contribution < -0.4 is 5.32 Å². The molecular weight excluding hydrogens is 234 g/mol. The molecule has 1 saturated carbocycles. The average Bonchev–Trinajstić information content (AvgIpc) is 2.72. The molecule has 1 saturated heterocycles. The normalized spacial score (nSPS) is 28.7. The minimum atomic E-state index is 0.278. The van der Waals surface area contributed by atoms with E-state index in [1.165, 1.54) is 44.9 Å². The molecule has 1 N–H and O–H groups in total. The highest BCUT2D eigenvalue weighted by molar-refractivity contribution is 4.91. The van der Waals surface area contributed by atoms with Crippen LogP contribution in [0.3, 0.4) is 0 Å². The Labute approximate surface area is 119 Å². The molecule has 2 atom stereocenters. The van der Waals surface area contributed by atoms with Crippen LogP contribution >= 0.6 is 0 Å². The van der Waals surface area contributed by atoms with Crippen molar-refractivity contribution in [2.24, 2.45) is 11.3 Å². The molecule has 0 aromatic carbocycles. The Bertz CT molecular complexity index is 275. The summed E-state index contributed by atoms with van der Waals surface area (Å²) >= 11 is 0. The molecule has 0 amide bonds. The molecule has 0 aromatic rings. The van der Waals surface area contributed by atoms with Crippen LogP contribution in [-0.4, -0.2) is 24.8 Å². The van der Waals surface area contributed by atoms with Crippen molar-refractivity contribution < 1.29 is 4.74 Å². The number of ether oxygens (including phenoxy) is 1. The van der Waals surface area contributed by atoms with Gasteiger partial charge in [0.2, 0.25) is 0 Å². The van der Waals surface area contributed by atoms with Crippen LogP contribution in [0.25, 0.3) is 0 Å². The summed E-state index contributed by atoms with van der Waals surface area (Å²) in [5, 5.41) is 3.63. The van der Waals surface area contributed by atoms with E-state index < -0.39 is 0 Å². The van der Waals surface area contributed by atoms with Crippen molar-refractivity contribution in [2.75, 3.05) is 13.1 Å². The summed E-state index contributed by atoms with van der Waals surface area (Å²) in [6.07, 6.45) is 9.80. The van der Waals surface area contributed by atoms with Gasteiger partial charge in [-0.15, -0.1) is 0 Å². The van der Waals surface area contributed by atoms with E-state index in [1.807, 2.05) is 0 Å². The maximum atomic E-state index is 6.39. The molecule has 0 radical (unpaired) electrons. The molecule has 2 rings (SSSR count). The van der Waals surface area contributed by atoms with Crippen molar-refractivity contribution in [3.05, 3.63) is 0 Å². The van der Waals surface area contributed by atoms with Gasteiger partial charge in [0.15, 0.2) is 0 Å². The summed E-state index contributed by atoms with van der Waals surface area (Å²) in [6.45, 7) is 11.5. The smallest absolute Gasteiger partial charge is 0.0708 e. The monoisotopic (exact) mass is 267 g/mol. The van der Waals surface area contributed by atoms with Gasteiger partial charge in [-0.2, -0.15) is 0 Å². The SMILES string of the molecule is CC(CNCC1CCC2(CCCCC2)O1)C(C)(C)C. The van der Waals surface area contributed by atoms with E-state index >= 15 is 0 Å². The molecule has 2 aliphatic rings. The summed E-state index contributed by atoms with van der Waals surface area (Å²) < 4.78 is 6.39. The molecule has 2 unspecified atom stereocenters. The van der Waals surface area contributed by atoms with Crippen LogP contribution in [0.15, 0.2) is 0 Å². The molecule has 1 aliphatic heterocycles. The maximum absolute atomic E-state index is 6.39. The summed E-state index contributed by atoms with van der Waals surface area (Å²) in [5.74, 6) is 0.706. The first-order valence-electron chi connectivity index (χ1n) is 8.30. The molecule has 112 valence electrons. The topological polar surface area (TPSA) is 21.3 Å². The molecule has 2 nitrogen and oxygen atoms in total. The lowest BCUT2D eigenvalue weighted by Gasteiger charge is -2.33. The Morgan fingerprint density at radius 3 is 2.47 bits per heavy atom. The van der Waals surface area contributed by atoms with E-state index in [4.69, 9.17) is 4.74 Å². The molecular formula is C17H33NO. The summed E-state index contributed by atoms with van der Waals surface area (Å²) in [6, 6.07) is 0. The fourth-order valence-electron chi connectivity index (χ4n) is 3.37. The van der Waals surface area contributed by atoms with Gasteiger partial charge in [0.25, 0.3) is 0 Å². The Morgan fingerprint density at radius 1 is 1.16 bits per heavy atom. The molecule has 2 heteroatoms. The van der Waals surface area contributed by atoms with Crippen molar-refractivity contribution in [3.8, 4) is 0 Å². The summed E-state index contributed by atoms with van der Waals surface area (Å²) in [7, 11) is 0. The predicted molar refractivity (Wildman–Crippen MR) is 81.4 cm³/mol. The summed E-state index contributed by atoms with van der Waals surface area (Å²) in [5.41, 5.74) is 0.675. The van der Waals surface area contributed by atoms with E-state index in [0.29, 0.717) is 17.4 Å². The molecule has 2 fully saturated rings. The van der Waals surface area contributed by atoms with Crippen LogP contribution in [0.2, 0.25) is 0 Å². The minimum absolute atomic E-state index is 0.278. The van der Waals surface area contributed by atoms with Crippen LogP contribution in [0.4, 0.5) is 0 Å². The Morgan fingerprint density at radius 2 is 1.84 bits per heavy atom. The first kappa shape index (κ1) is 15.3. The van der Waals surface area contributed by atoms with E-state index in [-0.39, 0.29) is 5.60 Å². The van der Waals surface area contributed by atoms with Gasteiger partial charge in [-0.1, -0.05) is 47.0 Å². The predicted octanol–water partition coefficient (Wildman–Crippen LogP) is 4.14. The number of hydrogen-bond acceptors (Lipinski definition) is 2. The highest BCUT2D eigenvalue weighted by Gasteiger charge is 2.40. The van der Waals surface area contributed by atoms with Gasteiger partial charge < -0.3 is 10.1 Å². The number of hydrogen-bond donors (Lipinski definition) is 1. The van der Waals surface area contributed by atoms with Gasteiger partial charge in [-0.25, -0.2) is 0 Å².